The second-order valence-electron chi connectivity index (χ2n) is 1.75. The van der Waals surface area contributed by atoms with Crippen LogP contribution < -0.4 is 0 Å². The molecule has 0 spiro atoms. The van der Waals surface area contributed by atoms with Gasteiger partial charge in [0.1, 0.15) is 0 Å². The van der Waals surface area contributed by atoms with Crippen LogP contribution in [-0.2, 0) is 4.79 Å². The Balaban J connectivity index is 3.79. The number of carbonyl (C=O) groups excluding carboxylic acids is 1. The van der Waals surface area contributed by atoms with E-state index in [0.717, 1.165) is 13.8 Å². The standard InChI is InChI=1S/C4H6F2O/c1-4(2,6)3(5)7/h1-2H3. The highest BCUT2D eigenvalue weighted by Gasteiger charge is 2.25. The summed E-state index contributed by atoms with van der Waals surface area (Å²) in [6, 6.07) is -1.92. The van der Waals surface area contributed by atoms with Gasteiger partial charge in [-0.25, -0.2) is 4.39 Å². The van der Waals surface area contributed by atoms with Gasteiger partial charge in [-0.05, 0) is 13.8 Å². The maximum Gasteiger partial charge on any atom is 0.337 e. The van der Waals surface area contributed by atoms with Crippen molar-refractivity contribution in [1.82, 2.24) is 0 Å². The lowest BCUT2D eigenvalue weighted by molar-refractivity contribution is -0.139. The van der Waals surface area contributed by atoms with Crippen molar-refractivity contribution in [3.8, 4) is 0 Å². The molecule has 0 radical (unpaired) electrons. The van der Waals surface area contributed by atoms with Crippen molar-refractivity contribution < 1.29 is 13.6 Å². The molecule has 0 atom stereocenters. The molecule has 0 aliphatic rings. The zero-order valence-corrected chi connectivity index (χ0v) is 4.16. The molecule has 0 amide bonds. The number of rotatable bonds is 1. The van der Waals surface area contributed by atoms with Gasteiger partial charge in [-0.3, -0.25) is 4.79 Å². The molecule has 1 nitrogen and oxygen atoms in total. The Bertz CT molecular complexity index is 82.2. The molecule has 0 aromatic carbocycles. The van der Waals surface area contributed by atoms with Gasteiger partial charge >= 0.3 is 6.04 Å². The Hall–Kier alpha value is -0.470. The molecule has 0 N–H and O–H groups in total. The highest BCUT2D eigenvalue weighted by atomic mass is 19.2. The SMILES string of the molecule is CC(C)(F)C(=O)F. The number of hydrogen-bond acceptors (Lipinski definition) is 1. The lowest BCUT2D eigenvalue weighted by atomic mass is 10.2. The fraction of sp³-hybridized carbons (Fsp3) is 0.750. The van der Waals surface area contributed by atoms with Crippen LogP contribution in [0.4, 0.5) is 8.78 Å². The summed E-state index contributed by atoms with van der Waals surface area (Å²) in [7, 11) is 0. The van der Waals surface area contributed by atoms with Crippen LogP contribution >= 0.6 is 0 Å². The fourth-order valence-electron chi connectivity index (χ4n) is 0. The first kappa shape index (κ1) is 6.53. The van der Waals surface area contributed by atoms with Crippen LogP contribution in [0.2, 0.25) is 0 Å². The monoisotopic (exact) mass is 108 g/mol. The first-order valence-corrected chi connectivity index (χ1v) is 1.83. The summed E-state index contributed by atoms with van der Waals surface area (Å²) in [5, 5.41) is 0. The van der Waals surface area contributed by atoms with Crippen LogP contribution in [0.3, 0.4) is 0 Å². The first-order chi connectivity index (χ1) is 2.94. The Kier molecular flexibility index (Phi) is 1.45. The molecule has 0 aromatic rings. The van der Waals surface area contributed by atoms with Crippen molar-refractivity contribution in [2.24, 2.45) is 0 Å². The molecule has 0 bridgehead atoms. The third-order valence-electron chi connectivity index (χ3n) is 0.467. The molecular formula is C4H6F2O. The molecule has 42 valence electrons. The van der Waals surface area contributed by atoms with Crippen LogP contribution in [0, 0.1) is 0 Å². The quantitative estimate of drug-likeness (QED) is 0.462. The Morgan fingerprint density at radius 1 is 1.57 bits per heavy atom. The Morgan fingerprint density at radius 3 is 1.71 bits per heavy atom. The smallest absolute Gasteiger partial charge is 0.257 e. The Morgan fingerprint density at radius 2 is 1.71 bits per heavy atom. The molecule has 0 unspecified atom stereocenters. The van der Waals surface area contributed by atoms with Gasteiger partial charge in [0.15, 0.2) is 5.67 Å². The van der Waals surface area contributed by atoms with Gasteiger partial charge in [-0.1, -0.05) is 0 Å². The molecule has 0 rings (SSSR count). The van der Waals surface area contributed by atoms with Crippen molar-refractivity contribution in [1.29, 1.82) is 0 Å². The highest BCUT2D eigenvalue weighted by molar-refractivity contribution is 5.76. The van der Waals surface area contributed by atoms with Crippen molar-refractivity contribution in [3.63, 3.8) is 0 Å². The van der Waals surface area contributed by atoms with E-state index >= 15 is 0 Å². The van der Waals surface area contributed by atoms with Crippen LogP contribution in [0.5, 0.6) is 0 Å². The van der Waals surface area contributed by atoms with Gasteiger partial charge in [0, 0.05) is 0 Å². The van der Waals surface area contributed by atoms with E-state index in [4.69, 9.17) is 0 Å². The third kappa shape index (κ3) is 2.25. The molecule has 7 heavy (non-hydrogen) atoms. The molecule has 0 heterocycles. The van der Waals surface area contributed by atoms with Gasteiger partial charge in [0.2, 0.25) is 0 Å². The lowest BCUT2D eigenvalue weighted by Crippen LogP contribution is -2.20. The molecule has 3 heteroatoms. The molecule has 0 fully saturated rings. The predicted molar refractivity (Wildman–Crippen MR) is 21.3 cm³/mol. The number of hydrogen-bond donors (Lipinski definition) is 0. The van der Waals surface area contributed by atoms with Crippen molar-refractivity contribution in [3.05, 3.63) is 0 Å². The second kappa shape index (κ2) is 1.56. The van der Waals surface area contributed by atoms with Crippen LogP contribution in [0.1, 0.15) is 13.8 Å². The zero-order valence-electron chi connectivity index (χ0n) is 4.16. The molecule has 0 aliphatic heterocycles. The van der Waals surface area contributed by atoms with E-state index in [2.05, 4.69) is 0 Å². The van der Waals surface area contributed by atoms with Gasteiger partial charge in [0.05, 0.1) is 0 Å². The summed E-state index contributed by atoms with van der Waals surface area (Å²) in [4.78, 5) is 9.42. The van der Waals surface area contributed by atoms with E-state index in [0.29, 0.717) is 0 Å². The summed E-state index contributed by atoms with van der Waals surface area (Å²) in [5.74, 6) is 0. The molecule has 0 saturated heterocycles. The maximum atomic E-state index is 11.8. The van der Waals surface area contributed by atoms with Gasteiger partial charge < -0.3 is 0 Å². The predicted octanol–water partition coefficient (Wildman–Crippen LogP) is 1.23. The van der Waals surface area contributed by atoms with Crippen LogP contribution in [0.15, 0.2) is 0 Å². The van der Waals surface area contributed by atoms with E-state index in [1.165, 1.54) is 0 Å². The van der Waals surface area contributed by atoms with Crippen molar-refractivity contribution in [2.75, 3.05) is 0 Å². The fourth-order valence-corrected chi connectivity index (χ4v) is 0. The van der Waals surface area contributed by atoms with Crippen molar-refractivity contribution in [2.45, 2.75) is 19.5 Å². The average Bonchev–Trinajstić information content (AvgIpc) is 1.31. The second-order valence-corrected chi connectivity index (χ2v) is 1.75. The maximum absolute atomic E-state index is 11.8. The van der Waals surface area contributed by atoms with E-state index in [9.17, 15) is 13.6 Å². The molecule has 0 aliphatic carbocycles. The summed E-state index contributed by atoms with van der Waals surface area (Å²) in [6.45, 7) is 1.74. The van der Waals surface area contributed by atoms with Gasteiger partial charge in [-0.15, -0.1) is 0 Å². The minimum Gasteiger partial charge on any atom is -0.257 e. The highest BCUT2D eigenvalue weighted by Crippen LogP contribution is 2.08. The van der Waals surface area contributed by atoms with Crippen LogP contribution in [0.25, 0.3) is 0 Å². The lowest BCUT2D eigenvalue weighted by Gasteiger charge is -2.02. The number of alkyl halides is 1. The van der Waals surface area contributed by atoms with Gasteiger partial charge in [-0.2, -0.15) is 4.39 Å². The number of carbonyl (C=O) groups is 1. The molecule has 0 aromatic heterocycles. The summed E-state index contributed by atoms with van der Waals surface area (Å²) < 4.78 is 23.0. The molecular weight excluding hydrogens is 102 g/mol. The third-order valence-corrected chi connectivity index (χ3v) is 0.467. The Labute approximate surface area is 40.3 Å². The average molecular weight is 108 g/mol. The summed E-state index contributed by atoms with van der Waals surface area (Å²) in [5.41, 5.74) is -2.31. The van der Waals surface area contributed by atoms with E-state index < -0.39 is 11.7 Å². The van der Waals surface area contributed by atoms with E-state index in [1.54, 1.807) is 0 Å². The normalized spacial score (nSPS) is 11.4. The zero-order chi connectivity index (χ0) is 6.08. The minimum absolute atomic E-state index is 0.870. The topological polar surface area (TPSA) is 17.1 Å². The minimum atomic E-state index is -2.31. The van der Waals surface area contributed by atoms with E-state index in [-0.39, 0.29) is 0 Å². The van der Waals surface area contributed by atoms with Gasteiger partial charge in [0.25, 0.3) is 0 Å². The van der Waals surface area contributed by atoms with Crippen molar-refractivity contribution >= 4 is 6.04 Å². The van der Waals surface area contributed by atoms with Crippen LogP contribution in [-0.4, -0.2) is 11.7 Å². The summed E-state index contributed by atoms with van der Waals surface area (Å²) >= 11 is 0. The molecule has 0 saturated carbocycles. The first-order valence-electron chi connectivity index (χ1n) is 1.83. The summed E-state index contributed by atoms with van der Waals surface area (Å²) in [6.07, 6.45) is 0. The largest absolute Gasteiger partial charge is 0.337 e. The van der Waals surface area contributed by atoms with E-state index in [1.807, 2.05) is 0 Å². The number of halogens is 2.